The molecule has 0 unspecified atom stereocenters. The van der Waals surface area contributed by atoms with Gasteiger partial charge in [0, 0.05) is 31.9 Å². The summed E-state index contributed by atoms with van der Waals surface area (Å²) in [6.07, 6.45) is 0. The fourth-order valence-electron chi connectivity index (χ4n) is 2.39. The van der Waals surface area contributed by atoms with Gasteiger partial charge >= 0.3 is 6.03 Å². The first kappa shape index (κ1) is 15.4. The van der Waals surface area contributed by atoms with Gasteiger partial charge in [-0.3, -0.25) is 0 Å². The van der Waals surface area contributed by atoms with Gasteiger partial charge < -0.3 is 15.0 Å². The molecule has 0 aromatic heterocycles. The van der Waals surface area contributed by atoms with Crippen LogP contribution in [0.15, 0.2) is 54.6 Å². The summed E-state index contributed by atoms with van der Waals surface area (Å²) in [7, 11) is 0. The molecule has 1 aliphatic rings. The minimum Gasteiger partial charge on any atom is -0.489 e. The maximum Gasteiger partial charge on any atom is 0.321 e. The van der Waals surface area contributed by atoms with Crippen molar-refractivity contribution >= 4 is 11.7 Å². The van der Waals surface area contributed by atoms with Crippen molar-refractivity contribution in [1.29, 1.82) is 0 Å². The zero-order chi connectivity index (χ0) is 15.9. The van der Waals surface area contributed by atoms with E-state index in [9.17, 15) is 4.79 Å². The Morgan fingerprint density at radius 2 is 1.74 bits per heavy atom. The lowest BCUT2D eigenvalue weighted by atomic mass is 10.2. The van der Waals surface area contributed by atoms with E-state index < -0.39 is 0 Å². The number of nitrogens with zero attached hydrogens (tertiary/aromatic N) is 2. The van der Waals surface area contributed by atoms with E-state index in [0.717, 1.165) is 30.1 Å². The second-order valence-electron chi connectivity index (χ2n) is 5.39. The highest BCUT2D eigenvalue weighted by Gasteiger charge is 2.16. The van der Waals surface area contributed by atoms with Crippen LogP contribution in [-0.2, 0) is 6.61 Å². The molecule has 0 atom stereocenters. The molecule has 2 amide bonds. The number of nitrogens with one attached hydrogen (secondary N) is 1. The van der Waals surface area contributed by atoms with Gasteiger partial charge in [-0.25, -0.2) is 10.1 Å². The molecule has 0 saturated carbocycles. The minimum atomic E-state index is -0.0714. The van der Waals surface area contributed by atoms with Crippen molar-refractivity contribution in [3.63, 3.8) is 0 Å². The van der Waals surface area contributed by atoms with Crippen LogP contribution >= 0.6 is 0 Å². The SMILES string of the molecule is O=C(Nc1ccc(OCc2ccccc2)cc1)N1CC[N]CC1. The molecule has 5 nitrogen and oxygen atoms in total. The van der Waals surface area contributed by atoms with Crippen molar-refractivity contribution in [2.24, 2.45) is 0 Å². The van der Waals surface area contributed by atoms with Crippen LogP contribution in [0.4, 0.5) is 10.5 Å². The second-order valence-corrected chi connectivity index (χ2v) is 5.39. The molecular formula is C18H20N3O2. The topological polar surface area (TPSA) is 55.7 Å². The van der Waals surface area contributed by atoms with Crippen molar-refractivity contribution in [1.82, 2.24) is 10.2 Å². The zero-order valence-corrected chi connectivity index (χ0v) is 12.9. The lowest BCUT2D eigenvalue weighted by Gasteiger charge is -2.26. The molecule has 23 heavy (non-hydrogen) atoms. The van der Waals surface area contributed by atoms with Crippen LogP contribution in [0, 0.1) is 0 Å². The number of hydrogen-bond donors (Lipinski definition) is 1. The quantitative estimate of drug-likeness (QED) is 0.944. The summed E-state index contributed by atoms with van der Waals surface area (Å²) in [6.45, 7) is 3.34. The molecule has 119 valence electrons. The van der Waals surface area contributed by atoms with Crippen molar-refractivity contribution in [3.05, 3.63) is 60.2 Å². The third-order valence-corrected chi connectivity index (χ3v) is 3.70. The Kier molecular flexibility index (Phi) is 5.11. The lowest BCUT2D eigenvalue weighted by Crippen LogP contribution is -2.45. The average molecular weight is 310 g/mol. The normalized spacial score (nSPS) is 14.3. The molecule has 5 heteroatoms. The highest BCUT2D eigenvalue weighted by atomic mass is 16.5. The molecule has 2 aromatic rings. The monoisotopic (exact) mass is 310 g/mol. The summed E-state index contributed by atoms with van der Waals surface area (Å²) in [5.74, 6) is 0.781. The summed E-state index contributed by atoms with van der Waals surface area (Å²) in [4.78, 5) is 13.9. The number of urea groups is 1. The summed E-state index contributed by atoms with van der Waals surface area (Å²) in [5, 5.41) is 7.14. The van der Waals surface area contributed by atoms with Gasteiger partial charge in [-0.2, -0.15) is 0 Å². The average Bonchev–Trinajstić information content (AvgIpc) is 2.63. The number of anilines is 1. The maximum atomic E-state index is 12.1. The van der Waals surface area contributed by atoms with E-state index in [1.165, 1.54) is 0 Å². The molecule has 1 fully saturated rings. The number of carbonyl (C=O) groups excluding carboxylic acids is 1. The van der Waals surface area contributed by atoms with Crippen LogP contribution in [0.2, 0.25) is 0 Å². The van der Waals surface area contributed by atoms with Gasteiger partial charge in [0.1, 0.15) is 12.4 Å². The smallest absolute Gasteiger partial charge is 0.321 e. The van der Waals surface area contributed by atoms with Crippen LogP contribution < -0.4 is 15.4 Å². The number of hydrogen-bond acceptors (Lipinski definition) is 2. The second kappa shape index (κ2) is 7.65. The first-order valence-corrected chi connectivity index (χ1v) is 7.77. The van der Waals surface area contributed by atoms with Gasteiger partial charge in [-0.05, 0) is 29.8 Å². The van der Waals surface area contributed by atoms with Crippen LogP contribution in [-0.4, -0.2) is 37.1 Å². The molecule has 3 rings (SSSR count). The van der Waals surface area contributed by atoms with Crippen molar-refractivity contribution in [2.75, 3.05) is 31.5 Å². The van der Waals surface area contributed by atoms with Gasteiger partial charge in [0.2, 0.25) is 0 Å². The molecule has 1 aliphatic heterocycles. The van der Waals surface area contributed by atoms with Crippen LogP contribution in [0.3, 0.4) is 0 Å². The molecule has 0 spiro atoms. The largest absolute Gasteiger partial charge is 0.489 e. The predicted octanol–water partition coefficient (Wildman–Crippen LogP) is 2.72. The maximum absolute atomic E-state index is 12.1. The highest BCUT2D eigenvalue weighted by Crippen LogP contribution is 2.17. The Bertz CT molecular complexity index is 622. The van der Waals surface area contributed by atoms with Gasteiger partial charge in [0.05, 0.1) is 0 Å². The van der Waals surface area contributed by atoms with E-state index in [1.807, 2.05) is 54.6 Å². The summed E-state index contributed by atoms with van der Waals surface area (Å²) >= 11 is 0. The Balaban J connectivity index is 1.51. The lowest BCUT2D eigenvalue weighted by molar-refractivity contribution is 0.203. The van der Waals surface area contributed by atoms with Gasteiger partial charge in [0.15, 0.2) is 0 Å². The molecule has 1 radical (unpaired) electrons. The first-order valence-electron chi connectivity index (χ1n) is 7.77. The van der Waals surface area contributed by atoms with E-state index in [-0.39, 0.29) is 6.03 Å². The molecular weight excluding hydrogens is 290 g/mol. The van der Waals surface area contributed by atoms with E-state index in [1.54, 1.807) is 4.90 Å². The number of carbonyl (C=O) groups is 1. The van der Waals surface area contributed by atoms with Gasteiger partial charge in [-0.1, -0.05) is 30.3 Å². The standard InChI is InChI=1S/C18H20N3O2/c22-18(21-12-10-19-11-13-21)20-16-6-8-17(9-7-16)23-14-15-4-2-1-3-5-15/h1-9H,10-14H2,(H,20,22). The van der Waals surface area contributed by atoms with Crippen LogP contribution in [0.25, 0.3) is 0 Å². The molecule has 0 bridgehead atoms. The number of ether oxygens (including phenoxy) is 1. The third kappa shape index (κ3) is 4.47. The Morgan fingerprint density at radius 3 is 2.43 bits per heavy atom. The van der Waals surface area contributed by atoms with Crippen molar-refractivity contribution in [2.45, 2.75) is 6.61 Å². The van der Waals surface area contributed by atoms with Crippen molar-refractivity contribution in [3.8, 4) is 5.75 Å². The summed E-state index contributed by atoms with van der Waals surface area (Å²) < 4.78 is 5.73. The van der Waals surface area contributed by atoms with E-state index >= 15 is 0 Å². The number of rotatable bonds is 4. The van der Waals surface area contributed by atoms with E-state index in [0.29, 0.717) is 19.7 Å². The first-order chi connectivity index (χ1) is 11.3. The Morgan fingerprint density at radius 1 is 1.04 bits per heavy atom. The number of amides is 2. The summed E-state index contributed by atoms with van der Waals surface area (Å²) in [5.41, 5.74) is 1.89. The minimum absolute atomic E-state index is 0.0714. The van der Waals surface area contributed by atoms with Gasteiger partial charge in [-0.15, -0.1) is 0 Å². The molecule has 1 saturated heterocycles. The number of piperazine rings is 1. The fraction of sp³-hybridized carbons (Fsp3) is 0.278. The van der Waals surface area contributed by atoms with E-state index in [2.05, 4.69) is 10.6 Å². The highest BCUT2D eigenvalue weighted by molar-refractivity contribution is 5.89. The Labute approximate surface area is 136 Å². The Hall–Kier alpha value is -2.53. The van der Waals surface area contributed by atoms with Gasteiger partial charge in [0.25, 0.3) is 0 Å². The molecule has 0 aliphatic carbocycles. The zero-order valence-electron chi connectivity index (χ0n) is 12.9. The predicted molar refractivity (Wildman–Crippen MR) is 89.7 cm³/mol. The number of benzene rings is 2. The van der Waals surface area contributed by atoms with E-state index in [4.69, 9.17) is 4.74 Å². The van der Waals surface area contributed by atoms with Crippen molar-refractivity contribution < 1.29 is 9.53 Å². The molecule has 2 aromatic carbocycles. The fourth-order valence-corrected chi connectivity index (χ4v) is 2.39. The third-order valence-electron chi connectivity index (χ3n) is 3.70. The van der Waals surface area contributed by atoms with Crippen LogP contribution in [0.5, 0.6) is 5.75 Å². The molecule has 1 heterocycles. The van der Waals surface area contributed by atoms with Crippen LogP contribution in [0.1, 0.15) is 5.56 Å². The molecule has 1 N–H and O–H groups in total. The summed E-state index contributed by atoms with van der Waals surface area (Å²) in [6, 6.07) is 17.4.